The van der Waals surface area contributed by atoms with Gasteiger partial charge >= 0.3 is 0 Å². The summed E-state index contributed by atoms with van der Waals surface area (Å²) in [5.41, 5.74) is 0.918. The first-order chi connectivity index (χ1) is 9.15. The smallest absolute Gasteiger partial charge is 0.137 e. The summed E-state index contributed by atoms with van der Waals surface area (Å²) in [5, 5.41) is 0. The van der Waals surface area contributed by atoms with Gasteiger partial charge in [-0.1, -0.05) is 6.07 Å². The molecule has 19 heavy (non-hydrogen) atoms. The van der Waals surface area contributed by atoms with E-state index in [4.69, 9.17) is 0 Å². The van der Waals surface area contributed by atoms with Gasteiger partial charge in [0.1, 0.15) is 17.4 Å². The average molecular weight is 261 g/mol. The van der Waals surface area contributed by atoms with E-state index in [1.807, 2.05) is 12.1 Å². The van der Waals surface area contributed by atoms with Crippen molar-refractivity contribution in [1.82, 2.24) is 4.98 Å². The molecule has 98 valence electrons. The highest BCUT2D eigenvalue weighted by Gasteiger charge is 2.10. The molecule has 0 aliphatic heterocycles. The molecule has 0 saturated carbocycles. The van der Waals surface area contributed by atoms with E-state index in [0.29, 0.717) is 6.42 Å². The summed E-state index contributed by atoms with van der Waals surface area (Å²) in [5.74, 6) is -1.21. The fourth-order valence-corrected chi connectivity index (χ4v) is 1.79. The maximum atomic E-state index is 13.4. The molecule has 0 spiro atoms. The van der Waals surface area contributed by atoms with Gasteiger partial charge in [0.25, 0.3) is 0 Å². The lowest BCUT2D eigenvalue weighted by Crippen LogP contribution is -2.06. The molecule has 0 saturated heterocycles. The van der Waals surface area contributed by atoms with Crippen molar-refractivity contribution in [2.24, 2.45) is 0 Å². The summed E-state index contributed by atoms with van der Waals surface area (Å²) in [6.45, 7) is 0. The Kier molecular flexibility index (Phi) is 4.34. The van der Waals surface area contributed by atoms with E-state index in [0.717, 1.165) is 23.9 Å². The van der Waals surface area contributed by atoms with E-state index in [9.17, 15) is 13.6 Å². The van der Waals surface area contributed by atoms with E-state index in [1.165, 1.54) is 0 Å². The number of benzene rings is 1. The van der Waals surface area contributed by atoms with E-state index < -0.39 is 11.6 Å². The summed E-state index contributed by atoms with van der Waals surface area (Å²) in [4.78, 5) is 15.8. The largest absolute Gasteiger partial charge is 0.299 e. The molecular weight excluding hydrogens is 248 g/mol. The molecule has 2 aromatic rings. The van der Waals surface area contributed by atoms with Crippen LogP contribution < -0.4 is 0 Å². The Hall–Kier alpha value is -2.10. The van der Waals surface area contributed by atoms with Gasteiger partial charge in [-0.2, -0.15) is 0 Å². The highest BCUT2D eigenvalue weighted by Crippen LogP contribution is 2.12. The molecule has 0 radical (unpaired) electrons. The Morgan fingerprint density at radius 3 is 2.74 bits per heavy atom. The second-order valence-electron chi connectivity index (χ2n) is 4.27. The number of pyridine rings is 1. The SMILES string of the molecule is O=C(CCc1ccccn1)Cc1cc(F)ccc1F. The molecule has 0 bridgehead atoms. The van der Waals surface area contributed by atoms with Crippen molar-refractivity contribution in [3.05, 3.63) is 65.5 Å². The van der Waals surface area contributed by atoms with Crippen LogP contribution in [0.2, 0.25) is 0 Å². The normalized spacial score (nSPS) is 10.4. The monoisotopic (exact) mass is 261 g/mol. The van der Waals surface area contributed by atoms with Crippen LogP contribution >= 0.6 is 0 Å². The summed E-state index contributed by atoms with van der Waals surface area (Å²) < 4.78 is 26.3. The number of aryl methyl sites for hydroxylation is 1. The summed E-state index contributed by atoms with van der Waals surface area (Å²) >= 11 is 0. The molecule has 0 amide bonds. The molecule has 1 heterocycles. The maximum absolute atomic E-state index is 13.4. The number of halogens is 2. The molecule has 4 heteroatoms. The molecule has 2 rings (SSSR count). The van der Waals surface area contributed by atoms with Gasteiger partial charge < -0.3 is 0 Å². The molecule has 0 fully saturated rings. The molecule has 1 aromatic carbocycles. The van der Waals surface area contributed by atoms with Gasteiger partial charge in [-0.3, -0.25) is 9.78 Å². The van der Waals surface area contributed by atoms with E-state index in [1.54, 1.807) is 12.3 Å². The average Bonchev–Trinajstić information content (AvgIpc) is 2.42. The molecular formula is C15H13F2NO. The second-order valence-corrected chi connectivity index (χ2v) is 4.27. The van der Waals surface area contributed by atoms with Crippen molar-refractivity contribution in [3.63, 3.8) is 0 Å². The lowest BCUT2D eigenvalue weighted by atomic mass is 10.0. The van der Waals surface area contributed by atoms with E-state index in [2.05, 4.69) is 4.98 Å². The van der Waals surface area contributed by atoms with Crippen molar-refractivity contribution < 1.29 is 13.6 Å². The third-order valence-electron chi connectivity index (χ3n) is 2.78. The zero-order chi connectivity index (χ0) is 13.7. The topological polar surface area (TPSA) is 30.0 Å². The number of Topliss-reactive ketones (excluding diaryl/α,β-unsaturated/α-hetero) is 1. The van der Waals surface area contributed by atoms with Gasteiger partial charge in [-0.05, 0) is 42.3 Å². The first-order valence-electron chi connectivity index (χ1n) is 6.00. The molecule has 2 nitrogen and oxygen atoms in total. The third kappa shape index (κ3) is 3.95. The summed E-state index contributed by atoms with van der Waals surface area (Å²) in [6.07, 6.45) is 2.35. The predicted octanol–water partition coefficient (Wildman–Crippen LogP) is 3.10. The van der Waals surface area contributed by atoms with Crippen LogP contribution in [0.4, 0.5) is 8.78 Å². The van der Waals surface area contributed by atoms with Gasteiger partial charge in [-0.15, -0.1) is 0 Å². The fourth-order valence-electron chi connectivity index (χ4n) is 1.79. The van der Waals surface area contributed by atoms with Gasteiger partial charge in [0, 0.05) is 24.7 Å². The second kappa shape index (κ2) is 6.18. The van der Waals surface area contributed by atoms with Gasteiger partial charge in [0.2, 0.25) is 0 Å². The first-order valence-corrected chi connectivity index (χ1v) is 6.00. The molecule has 0 N–H and O–H groups in total. The van der Waals surface area contributed by atoms with E-state index in [-0.39, 0.29) is 24.2 Å². The Bertz CT molecular complexity index is 570. The Labute approximate surface area is 110 Å². The number of aromatic nitrogens is 1. The lowest BCUT2D eigenvalue weighted by Gasteiger charge is -2.03. The fraction of sp³-hybridized carbons (Fsp3) is 0.200. The van der Waals surface area contributed by atoms with Crippen LogP contribution in [0.1, 0.15) is 17.7 Å². The van der Waals surface area contributed by atoms with Crippen molar-refractivity contribution in [2.45, 2.75) is 19.3 Å². The van der Waals surface area contributed by atoms with Crippen molar-refractivity contribution in [1.29, 1.82) is 0 Å². The number of nitrogens with zero attached hydrogens (tertiary/aromatic N) is 1. The molecule has 0 unspecified atom stereocenters. The first kappa shape index (κ1) is 13.3. The summed E-state index contributed by atoms with van der Waals surface area (Å²) in [6, 6.07) is 8.62. The summed E-state index contributed by atoms with van der Waals surface area (Å²) in [7, 11) is 0. The third-order valence-corrected chi connectivity index (χ3v) is 2.78. The number of carbonyl (C=O) groups is 1. The lowest BCUT2D eigenvalue weighted by molar-refractivity contribution is -0.118. The van der Waals surface area contributed by atoms with Crippen molar-refractivity contribution in [2.75, 3.05) is 0 Å². The minimum atomic E-state index is -0.549. The number of hydrogen-bond donors (Lipinski definition) is 0. The molecule has 0 aliphatic carbocycles. The zero-order valence-electron chi connectivity index (χ0n) is 10.3. The zero-order valence-corrected chi connectivity index (χ0v) is 10.3. The van der Waals surface area contributed by atoms with Crippen LogP contribution in [0.5, 0.6) is 0 Å². The predicted molar refractivity (Wildman–Crippen MR) is 67.6 cm³/mol. The van der Waals surface area contributed by atoms with Crippen LogP contribution in [-0.2, 0) is 17.6 Å². The number of carbonyl (C=O) groups excluding carboxylic acids is 1. The quantitative estimate of drug-likeness (QED) is 0.827. The van der Waals surface area contributed by atoms with E-state index >= 15 is 0 Å². The number of hydrogen-bond acceptors (Lipinski definition) is 2. The minimum absolute atomic E-state index is 0.0869. The van der Waals surface area contributed by atoms with Gasteiger partial charge in [-0.25, -0.2) is 8.78 Å². The maximum Gasteiger partial charge on any atom is 0.137 e. The van der Waals surface area contributed by atoms with Crippen LogP contribution in [0.25, 0.3) is 0 Å². The standard InChI is InChI=1S/C15H13F2NO/c16-12-4-7-15(17)11(9-12)10-14(19)6-5-13-3-1-2-8-18-13/h1-4,7-9H,5-6,10H2. The number of ketones is 1. The molecule has 0 aliphatic rings. The van der Waals surface area contributed by atoms with Crippen LogP contribution in [0, 0.1) is 11.6 Å². The molecule has 1 aromatic heterocycles. The van der Waals surface area contributed by atoms with Gasteiger partial charge in [0.05, 0.1) is 0 Å². The Balaban J connectivity index is 1.93. The minimum Gasteiger partial charge on any atom is -0.299 e. The highest BCUT2D eigenvalue weighted by atomic mass is 19.1. The van der Waals surface area contributed by atoms with Crippen molar-refractivity contribution >= 4 is 5.78 Å². The van der Waals surface area contributed by atoms with Crippen molar-refractivity contribution in [3.8, 4) is 0 Å². The van der Waals surface area contributed by atoms with Gasteiger partial charge in [0.15, 0.2) is 0 Å². The highest BCUT2D eigenvalue weighted by molar-refractivity contribution is 5.81. The Morgan fingerprint density at radius 2 is 2.00 bits per heavy atom. The Morgan fingerprint density at radius 1 is 1.16 bits per heavy atom. The van der Waals surface area contributed by atoms with Crippen LogP contribution in [0.15, 0.2) is 42.6 Å². The van der Waals surface area contributed by atoms with Crippen LogP contribution in [0.3, 0.4) is 0 Å². The number of rotatable bonds is 5. The molecule has 0 atom stereocenters. The van der Waals surface area contributed by atoms with Crippen LogP contribution in [-0.4, -0.2) is 10.8 Å².